The minimum absolute atomic E-state index is 0.104. The fraction of sp³-hybridized carbons (Fsp3) is 0.227. The van der Waals surface area contributed by atoms with E-state index in [1.807, 2.05) is 12.1 Å². The number of aliphatic hydroxyl groups excluding tert-OH is 1. The molecule has 31 heavy (non-hydrogen) atoms. The number of benzene rings is 2. The van der Waals surface area contributed by atoms with Crippen LogP contribution >= 0.6 is 0 Å². The van der Waals surface area contributed by atoms with E-state index in [1.165, 1.54) is 18.4 Å². The molecule has 162 valence electrons. The molecule has 0 aliphatic carbocycles. The van der Waals surface area contributed by atoms with Crippen molar-refractivity contribution in [2.24, 2.45) is 0 Å². The standard InChI is InChI=1S/C22H19F3N2O4/c23-22(24,25)16-3-1-2-14(10-16)19(28)13-26-7-9-29-17-4-5-20-15(11-17)12-21(31-20)18-6-8-30-27-18/h1-6,8,10-12,19,26,28H,7,9,13H2/t19-/m0/s1. The average Bonchev–Trinajstić information content (AvgIpc) is 3.42. The highest BCUT2D eigenvalue weighted by atomic mass is 19.4. The zero-order valence-electron chi connectivity index (χ0n) is 16.2. The predicted octanol–water partition coefficient (Wildman–Crippen LogP) is 4.81. The summed E-state index contributed by atoms with van der Waals surface area (Å²) in [7, 11) is 0. The van der Waals surface area contributed by atoms with Gasteiger partial charge in [-0.2, -0.15) is 13.2 Å². The van der Waals surface area contributed by atoms with Crippen LogP contribution in [0.15, 0.2) is 69.8 Å². The van der Waals surface area contributed by atoms with E-state index >= 15 is 0 Å². The molecule has 4 aromatic rings. The number of nitrogens with one attached hydrogen (secondary N) is 1. The molecule has 0 saturated carbocycles. The molecule has 0 fully saturated rings. The third kappa shape index (κ3) is 5.07. The summed E-state index contributed by atoms with van der Waals surface area (Å²) >= 11 is 0. The second-order valence-electron chi connectivity index (χ2n) is 6.89. The van der Waals surface area contributed by atoms with E-state index in [-0.39, 0.29) is 12.1 Å². The van der Waals surface area contributed by atoms with E-state index in [1.54, 1.807) is 18.2 Å². The van der Waals surface area contributed by atoms with Crippen LogP contribution in [0.3, 0.4) is 0 Å². The smallest absolute Gasteiger partial charge is 0.416 e. The van der Waals surface area contributed by atoms with Gasteiger partial charge >= 0.3 is 6.18 Å². The molecule has 2 N–H and O–H groups in total. The lowest BCUT2D eigenvalue weighted by molar-refractivity contribution is -0.137. The van der Waals surface area contributed by atoms with Crippen LogP contribution in [0.2, 0.25) is 0 Å². The fourth-order valence-electron chi connectivity index (χ4n) is 3.10. The summed E-state index contributed by atoms with van der Waals surface area (Å²) < 4.78 is 54.6. The van der Waals surface area contributed by atoms with Gasteiger partial charge in [0.2, 0.25) is 0 Å². The number of halogens is 3. The lowest BCUT2D eigenvalue weighted by atomic mass is 10.1. The van der Waals surface area contributed by atoms with Crippen molar-refractivity contribution in [3.63, 3.8) is 0 Å². The Bertz CT molecular complexity index is 1140. The Morgan fingerprint density at radius 1 is 1.10 bits per heavy atom. The molecule has 0 saturated heterocycles. The maximum absolute atomic E-state index is 12.8. The minimum atomic E-state index is -4.44. The number of ether oxygens (including phenoxy) is 1. The summed E-state index contributed by atoms with van der Waals surface area (Å²) in [6.45, 7) is 0.824. The maximum Gasteiger partial charge on any atom is 0.416 e. The number of furan rings is 1. The first kappa shape index (κ1) is 21.0. The molecule has 2 aromatic carbocycles. The number of fused-ring (bicyclic) bond motifs is 1. The number of nitrogens with zero attached hydrogens (tertiary/aromatic N) is 1. The predicted molar refractivity (Wildman–Crippen MR) is 106 cm³/mol. The van der Waals surface area contributed by atoms with E-state index < -0.39 is 17.8 Å². The molecule has 9 heteroatoms. The monoisotopic (exact) mass is 432 g/mol. The molecule has 6 nitrogen and oxygen atoms in total. The third-order valence-electron chi connectivity index (χ3n) is 4.66. The topological polar surface area (TPSA) is 80.7 Å². The van der Waals surface area contributed by atoms with Crippen molar-refractivity contribution in [1.29, 1.82) is 0 Å². The summed E-state index contributed by atoms with van der Waals surface area (Å²) in [6.07, 6.45) is -4.03. The van der Waals surface area contributed by atoms with Crippen molar-refractivity contribution in [2.45, 2.75) is 12.3 Å². The summed E-state index contributed by atoms with van der Waals surface area (Å²) in [4.78, 5) is 0. The number of aliphatic hydroxyl groups is 1. The van der Waals surface area contributed by atoms with Crippen LogP contribution in [0, 0.1) is 0 Å². The Hall–Kier alpha value is -3.30. The molecule has 1 atom stereocenters. The van der Waals surface area contributed by atoms with Gasteiger partial charge in [0.25, 0.3) is 0 Å². The second kappa shape index (κ2) is 8.83. The molecule has 0 radical (unpaired) electrons. The van der Waals surface area contributed by atoms with E-state index in [0.717, 1.165) is 17.5 Å². The van der Waals surface area contributed by atoms with Crippen molar-refractivity contribution in [1.82, 2.24) is 10.5 Å². The largest absolute Gasteiger partial charge is 0.492 e. The van der Waals surface area contributed by atoms with Gasteiger partial charge in [0.1, 0.15) is 29.9 Å². The molecule has 0 amide bonds. The molecular weight excluding hydrogens is 413 g/mol. The lowest BCUT2D eigenvalue weighted by Crippen LogP contribution is -2.26. The molecule has 0 aliphatic rings. The van der Waals surface area contributed by atoms with E-state index in [9.17, 15) is 18.3 Å². The van der Waals surface area contributed by atoms with Crippen molar-refractivity contribution >= 4 is 11.0 Å². The number of hydrogen-bond donors (Lipinski definition) is 2. The van der Waals surface area contributed by atoms with E-state index in [0.29, 0.717) is 35.9 Å². The average molecular weight is 432 g/mol. The van der Waals surface area contributed by atoms with Gasteiger partial charge in [0.15, 0.2) is 5.76 Å². The van der Waals surface area contributed by atoms with Gasteiger partial charge < -0.3 is 24.1 Å². The first-order chi connectivity index (χ1) is 14.9. The van der Waals surface area contributed by atoms with Crippen LogP contribution in [0.1, 0.15) is 17.2 Å². The molecule has 0 bridgehead atoms. The van der Waals surface area contributed by atoms with Crippen molar-refractivity contribution < 1.29 is 32.0 Å². The Balaban J connectivity index is 1.26. The van der Waals surface area contributed by atoms with Crippen LogP contribution in [0.25, 0.3) is 22.4 Å². The van der Waals surface area contributed by atoms with E-state index in [2.05, 4.69) is 10.5 Å². The Morgan fingerprint density at radius 3 is 2.74 bits per heavy atom. The second-order valence-corrected chi connectivity index (χ2v) is 6.89. The normalized spacial score (nSPS) is 12.9. The SMILES string of the molecule is O[C@@H](CNCCOc1ccc2oc(-c3ccon3)cc2c1)c1cccc(C(F)(F)F)c1. The Morgan fingerprint density at radius 2 is 1.97 bits per heavy atom. The lowest BCUT2D eigenvalue weighted by Gasteiger charge is -2.14. The number of aromatic nitrogens is 1. The molecule has 0 spiro atoms. The summed E-state index contributed by atoms with van der Waals surface area (Å²) in [6, 6.07) is 13.6. The van der Waals surface area contributed by atoms with E-state index in [4.69, 9.17) is 13.7 Å². The van der Waals surface area contributed by atoms with Crippen LogP contribution in [-0.2, 0) is 6.18 Å². The highest BCUT2D eigenvalue weighted by molar-refractivity contribution is 5.83. The quantitative estimate of drug-likeness (QED) is 0.389. The molecule has 0 aliphatic heterocycles. The van der Waals surface area contributed by atoms with Gasteiger partial charge in [0, 0.05) is 24.5 Å². The van der Waals surface area contributed by atoms with Crippen molar-refractivity contribution in [2.75, 3.05) is 19.7 Å². The third-order valence-corrected chi connectivity index (χ3v) is 4.66. The van der Waals surface area contributed by atoms with Gasteiger partial charge in [-0.15, -0.1) is 0 Å². The van der Waals surface area contributed by atoms with Gasteiger partial charge in [0.05, 0.1) is 11.7 Å². The first-order valence-electron chi connectivity index (χ1n) is 9.53. The summed E-state index contributed by atoms with van der Waals surface area (Å²) in [5, 5.41) is 17.8. The van der Waals surface area contributed by atoms with Gasteiger partial charge in [-0.25, -0.2) is 0 Å². The van der Waals surface area contributed by atoms with Gasteiger partial charge in [-0.3, -0.25) is 0 Å². The van der Waals surface area contributed by atoms with Crippen LogP contribution < -0.4 is 10.1 Å². The minimum Gasteiger partial charge on any atom is -0.492 e. The Kier molecular flexibility index (Phi) is 5.97. The fourth-order valence-corrected chi connectivity index (χ4v) is 3.10. The van der Waals surface area contributed by atoms with Crippen LogP contribution in [0.5, 0.6) is 5.75 Å². The van der Waals surface area contributed by atoms with Crippen LogP contribution in [0.4, 0.5) is 13.2 Å². The van der Waals surface area contributed by atoms with Gasteiger partial charge in [-0.05, 0) is 42.0 Å². The molecular formula is C22H19F3N2O4. The number of hydrogen-bond acceptors (Lipinski definition) is 6. The number of rotatable bonds is 8. The maximum atomic E-state index is 12.8. The molecule has 0 unspecified atom stereocenters. The summed E-state index contributed by atoms with van der Waals surface area (Å²) in [5.74, 6) is 1.23. The summed E-state index contributed by atoms with van der Waals surface area (Å²) in [5.41, 5.74) is 0.709. The van der Waals surface area contributed by atoms with Crippen LogP contribution in [-0.4, -0.2) is 30.0 Å². The Labute approximate surface area is 175 Å². The highest BCUT2D eigenvalue weighted by Gasteiger charge is 2.30. The van der Waals surface area contributed by atoms with Crippen molar-refractivity contribution in [3.05, 3.63) is 72.0 Å². The molecule has 2 heterocycles. The molecule has 4 rings (SSSR count). The zero-order valence-corrected chi connectivity index (χ0v) is 16.2. The number of alkyl halides is 3. The zero-order chi connectivity index (χ0) is 21.8. The van der Waals surface area contributed by atoms with Gasteiger partial charge in [-0.1, -0.05) is 17.3 Å². The van der Waals surface area contributed by atoms with Crippen molar-refractivity contribution in [3.8, 4) is 17.2 Å². The first-order valence-corrected chi connectivity index (χ1v) is 9.53. The highest BCUT2D eigenvalue weighted by Crippen LogP contribution is 2.31. The molecule has 2 aromatic heterocycles.